The van der Waals surface area contributed by atoms with Crippen LogP contribution in [0, 0.1) is 0 Å². The molecule has 2 amide bonds. The van der Waals surface area contributed by atoms with Crippen LogP contribution < -0.4 is 4.57 Å². The highest BCUT2D eigenvalue weighted by Crippen LogP contribution is 2.22. The third-order valence-corrected chi connectivity index (χ3v) is 4.73. The summed E-state index contributed by atoms with van der Waals surface area (Å²) in [6, 6.07) is 19.3. The van der Waals surface area contributed by atoms with Crippen molar-refractivity contribution in [3.63, 3.8) is 0 Å². The van der Waals surface area contributed by atoms with Gasteiger partial charge in [0.05, 0.1) is 11.1 Å². The van der Waals surface area contributed by atoms with E-state index in [0.717, 1.165) is 17.1 Å². The number of amides is 2. The average Bonchev–Trinajstić information content (AvgIpc) is 2.95. The summed E-state index contributed by atoms with van der Waals surface area (Å²) in [4.78, 5) is 25.8. The lowest BCUT2D eigenvalue weighted by Gasteiger charge is -2.05. The van der Waals surface area contributed by atoms with E-state index in [1.54, 1.807) is 30.3 Å². The number of hydrogen-bond acceptors (Lipinski definition) is 2. The van der Waals surface area contributed by atoms with Gasteiger partial charge >= 0.3 is 0 Å². The van der Waals surface area contributed by atoms with Crippen LogP contribution in [0.15, 0.2) is 79.0 Å². The van der Waals surface area contributed by atoms with Crippen LogP contribution >= 0.6 is 0 Å². The number of nitrogens with zero attached hydrogens (tertiary/aromatic N) is 2. The Balaban J connectivity index is 1.58. The summed E-state index contributed by atoms with van der Waals surface area (Å²) in [5, 5.41) is 1.19. The van der Waals surface area contributed by atoms with Crippen LogP contribution in [-0.4, -0.2) is 16.7 Å². The van der Waals surface area contributed by atoms with Gasteiger partial charge in [0.2, 0.25) is 11.2 Å². The molecule has 0 aliphatic carbocycles. The molecular formula is C23H19N2O2+. The van der Waals surface area contributed by atoms with Crippen molar-refractivity contribution in [1.29, 1.82) is 0 Å². The van der Waals surface area contributed by atoms with Crippen molar-refractivity contribution in [3.05, 3.63) is 95.8 Å². The highest BCUT2D eigenvalue weighted by Gasteiger charge is 2.33. The molecule has 4 heteroatoms. The standard InChI is InChI=1S/C23H19N2O2/c1-2-24-18(15-14-17-9-3-6-13-21(17)24)10-7-8-16-25-22(26)19-11-4-5-12-20(19)23(25)27/h3-16H,2H2,1H3/q+1. The minimum atomic E-state index is -0.283. The van der Waals surface area contributed by atoms with Gasteiger partial charge in [-0.1, -0.05) is 30.3 Å². The zero-order valence-corrected chi connectivity index (χ0v) is 15.0. The lowest BCUT2D eigenvalue weighted by Crippen LogP contribution is -2.36. The van der Waals surface area contributed by atoms with Crippen molar-refractivity contribution in [2.45, 2.75) is 13.5 Å². The predicted octanol–water partition coefficient (Wildman–Crippen LogP) is 3.97. The number of fused-ring (bicyclic) bond motifs is 2. The summed E-state index contributed by atoms with van der Waals surface area (Å²) in [6.07, 6.45) is 7.07. The van der Waals surface area contributed by atoms with E-state index in [4.69, 9.17) is 0 Å². The Hall–Kier alpha value is -3.53. The molecule has 0 radical (unpaired) electrons. The molecule has 0 saturated carbocycles. The van der Waals surface area contributed by atoms with Gasteiger partial charge in [-0.15, -0.1) is 0 Å². The largest absolute Gasteiger partial charge is 0.268 e. The van der Waals surface area contributed by atoms with Gasteiger partial charge in [-0.25, -0.2) is 4.90 Å². The van der Waals surface area contributed by atoms with Gasteiger partial charge < -0.3 is 0 Å². The first kappa shape index (κ1) is 16.9. The fourth-order valence-corrected chi connectivity index (χ4v) is 3.41. The van der Waals surface area contributed by atoms with E-state index >= 15 is 0 Å². The Morgan fingerprint density at radius 1 is 0.852 bits per heavy atom. The second-order valence-electron chi connectivity index (χ2n) is 6.29. The summed E-state index contributed by atoms with van der Waals surface area (Å²) in [5.74, 6) is -0.566. The Morgan fingerprint density at radius 3 is 2.22 bits per heavy atom. The monoisotopic (exact) mass is 355 g/mol. The van der Waals surface area contributed by atoms with E-state index in [2.05, 4.69) is 35.8 Å². The molecule has 4 rings (SSSR count). The van der Waals surface area contributed by atoms with E-state index in [9.17, 15) is 9.59 Å². The fraction of sp³-hybridized carbons (Fsp3) is 0.0870. The molecule has 0 unspecified atom stereocenters. The second-order valence-corrected chi connectivity index (χ2v) is 6.29. The van der Waals surface area contributed by atoms with E-state index in [0.29, 0.717) is 11.1 Å². The third kappa shape index (κ3) is 2.95. The molecular weight excluding hydrogens is 336 g/mol. The van der Waals surface area contributed by atoms with Gasteiger partial charge in [0.1, 0.15) is 6.54 Å². The number of carbonyl (C=O) groups excluding carboxylic acids is 2. The maximum Gasteiger partial charge on any atom is 0.265 e. The zero-order chi connectivity index (χ0) is 18.8. The topological polar surface area (TPSA) is 41.3 Å². The van der Waals surface area contributed by atoms with Crippen molar-refractivity contribution in [3.8, 4) is 0 Å². The zero-order valence-electron chi connectivity index (χ0n) is 15.0. The summed E-state index contributed by atoms with van der Waals surface area (Å²) < 4.78 is 2.22. The molecule has 0 N–H and O–H groups in total. The predicted molar refractivity (Wildman–Crippen MR) is 105 cm³/mol. The number of carbonyl (C=O) groups is 2. The van der Waals surface area contributed by atoms with Crippen molar-refractivity contribution in [2.75, 3.05) is 0 Å². The summed E-state index contributed by atoms with van der Waals surface area (Å²) in [6.45, 7) is 2.96. The molecule has 132 valence electrons. The highest BCUT2D eigenvalue weighted by atomic mass is 16.2. The molecule has 27 heavy (non-hydrogen) atoms. The van der Waals surface area contributed by atoms with Crippen molar-refractivity contribution in [1.82, 2.24) is 4.90 Å². The van der Waals surface area contributed by atoms with Crippen molar-refractivity contribution in [2.24, 2.45) is 0 Å². The lowest BCUT2D eigenvalue weighted by atomic mass is 10.1. The van der Waals surface area contributed by atoms with Crippen LogP contribution in [0.1, 0.15) is 33.3 Å². The Bertz CT molecular complexity index is 1080. The van der Waals surface area contributed by atoms with Gasteiger partial charge in [-0.2, -0.15) is 4.57 Å². The summed E-state index contributed by atoms with van der Waals surface area (Å²) in [7, 11) is 0. The van der Waals surface area contributed by atoms with Crippen molar-refractivity contribution < 1.29 is 14.2 Å². The highest BCUT2D eigenvalue weighted by molar-refractivity contribution is 6.22. The first-order valence-electron chi connectivity index (χ1n) is 8.94. The molecule has 0 fully saturated rings. The first-order valence-corrected chi connectivity index (χ1v) is 8.94. The van der Waals surface area contributed by atoms with Crippen LogP contribution in [0.5, 0.6) is 0 Å². The van der Waals surface area contributed by atoms with E-state index in [-0.39, 0.29) is 11.8 Å². The molecule has 3 aromatic rings. The number of hydrogen-bond donors (Lipinski definition) is 0. The van der Waals surface area contributed by atoms with E-state index in [1.807, 2.05) is 24.3 Å². The molecule has 0 spiro atoms. The Kier molecular flexibility index (Phi) is 4.38. The number of rotatable bonds is 4. The van der Waals surface area contributed by atoms with Crippen LogP contribution in [0.25, 0.3) is 17.0 Å². The van der Waals surface area contributed by atoms with Gasteiger partial charge in [0.25, 0.3) is 11.8 Å². The molecule has 2 aromatic carbocycles. The maximum absolute atomic E-state index is 12.3. The molecule has 1 aliphatic rings. The third-order valence-electron chi connectivity index (χ3n) is 4.73. The van der Waals surface area contributed by atoms with Gasteiger partial charge in [0.15, 0.2) is 0 Å². The van der Waals surface area contributed by atoms with Gasteiger partial charge in [-0.05, 0) is 37.3 Å². The normalized spacial score (nSPS) is 14.0. The molecule has 1 aliphatic heterocycles. The van der Waals surface area contributed by atoms with Gasteiger partial charge in [-0.3, -0.25) is 9.59 Å². The van der Waals surface area contributed by atoms with Crippen LogP contribution in [0.4, 0.5) is 0 Å². The molecule has 0 bridgehead atoms. The second kappa shape index (κ2) is 7.00. The minimum Gasteiger partial charge on any atom is -0.268 e. The fourth-order valence-electron chi connectivity index (χ4n) is 3.41. The molecule has 2 heterocycles. The van der Waals surface area contributed by atoms with Crippen molar-refractivity contribution >= 4 is 28.8 Å². The number of aromatic nitrogens is 1. The van der Waals surface area contributed by atoms with E-state index < -0.39 is 0 Å². The van der Waals surface area contributed by atoms with Crippen LogP contribution in [-0.2, 0) is 6.54 Å². The lowest BCUT2D eigenvalue weighted by molar-refractivity contribution is -0.669. The summed E-state index contributed by atoms with van der Waals surface area (Å²) in [5.41, 5.74) is 3.14. The Labute approximate surface area is 157 Å². The minimum absolute atomic E-state index is 0.283. The average molecular weight is 355 g/mol. The number of aryl methyl sites for hydroxylation is 1. The SMILES string of the molecule is CC[n+]1c(/C=C/C=C/N2C(=O)c3ccccc3C2=O)ccc2ccccc21. The number of benzene rings is 2. The number of para-hydroxylation sites is 1. The molecule has 4 nitrogen and oxygen atoms in total. The van der Waals surface area contributed by atoms with Crippen LogP contribution in [0.2, 0.25) is 0 Å². The van der Waals surface area contributed by atoms with Gasteiger partial charge in [0, 0.05) is 29.8 Å². The number of pyridine rings is 1. The molecule has 1 aromatic heterocycles. The quantitative estimate of drug-likeness (QED) is 0.404. The molecule has 0 atom stereocenters. The number of allylic oxidation sites excluding steroid dienone is 2. The Morgan fingerprint density at radius 2 is 1.52 bits per heavy atom. The summed E-state index contributed by atoms with van der Waals surface area (Å²) >= 11 is 0. The first-order chi connectivity index (χ1) is 13.2. The molecule has 0 saturated heterocycles. The maximum atomic E-state index is 12.3. The smallest absolute Gasteiger partial charge is 0.265 e. The van der Waals surface area contributed by atoms with E-state index in [1.165, 1.54) is 17.1 Å². The number of imide groups is 1. The van der Waals surface area contributed by atoms with Crippen LogP contribution in [0.3, 0.4) is 0 Å².